The van der Waals surface area contributed by atoms with Crippen LogP contribution in [0.3, 0.4) is 0 Å². The maximum Gasteiger partial charge on any atom is 0.308 e. The van der Waals surface area contributed by atoms with Crippen molar-refractivity contribution in [3.8, 4) is 5.75 Å². The smallest absolute Gasteiger partial charge is 0.308 e. The van der Waals surface area contributed by atoms with Crippen LogP contribution in [0.4, 0.5) is 0 Å². The van der Waals surface area contributed by atoms with Gasteiger partial charge in [0.05, 0.1) is 13.0 Å². The van der Waals surface area contributed by atoms with Crippen molar-refractivity contribution >= 4 is 11.9 Å². The van der Waals surface area contributed by atoms with Gasteiger partial charge in [-0.15, -0.1) is 0 Å². The summed E-state index contributed by atoms with van der Waals surface area (Å²) in [4.78, 5) is 27.3. The maximum atomic E-state index is 11.6. The minimum atomic E-state index is -0.588. The molecule has 1 atom stereocenters. The minimum absolute atomic E-state index is 0.0261. The first-order chi connectivity index (χ1) is 15.0. The first kappa shape index (κ1) is 23.5. The highest BCUT2D eigenvalue weighted by molar-refractivity contribution is 5.78. The van der Waals surface area contributed by atoms with Crippen molar-refractivity contribution in [2.45, 2.75) is 38.3 Å². The molecule has 172 valence electrons. The van der Waals surface area contributed by atoms with Gasteiger partial charge in [-0.05, 0) is 50.0 Å². The van der Waals surface area contributed by atoms with E-state index in [0.29, 0.717) is 19.5 Å². The van der Waals surface area contributed by atoms with E-state index in [-0.39, 0.29) is 24.4 Å². The number of carbonyl (C=O) groups is 2. The number of aliphatic hydroxyl groups is 1. The van der Waals surface area contributed by atoms with E-state index in [0.717, 1.165) is 63.3 Å². The molecule has 2 aliphatic rings. The number of nitrogens with zero attached hydrogens (tertiary/aromatic N) is 2. The predicted molar refractivity (Wildman–Crippen MR) is 117 cm³/mol. The number of carbonyl (C=O) groups excluding carboxylic acids is 2. The molecule has 8 heteroatoms. The summed E-state index contributed by atoms with van der Waals surface area (Å²) in [7, 11) is 1.43. The zero-order valence-corrected chi connectivity index (χ0v) is 18.4. The van der Waals surface area contributed by atoms with E-state index in [4.69, 9.17) is 9.47 Å². The number of hydrogen-bond donors (Lipinski definition) is 2. The number of hydrogen-bond acceptors (Lipinski definition) is 7. The Labute approximate surface area is 184 Å². The predicted octanol–water partition coefficient (Wildman–Crippen LogP) is 1.02. The summed E-state index contributed by atoms with van der Waals surface area (Å²) in [6.07, 6.45) is 2.59. The summed E-state index contributed by atoms with van der Waals surface area (Å²) >= 11 is 0. The van der Waals surface area contributed by atoms with Gasteiger partial charge in [-0.25, -0.2) is 0 Å². The van der Waals surface area contributed by atoms with Gasteiger partial charge in [-0.1, -0.05) is 12.1 Å². The summed E-state index contributed by atoms with van der Waals surface area (Å²) in [5, 5.41) is 13.7. The molecule has 1 aromatic rings. The fraction of sp³-hybridized carbons (Fsp3) is 0.652. The van der Waals surface area contributed by atoms with Crippen LogP contribution < -0.4 is 10.1 Å². The number of likely N-dealkylation sites (tertiary alicyclic amines) is 2. The molecule has 2 aliphatic heterocycles. The Kier molecular flexibility index (Phi) is 9.12. The number of piperidine rings is 1. The molecule has 0 saturated carbocycles. The molecule has 0 radical (unpaired) electrons. The molecule has 0 aliphatic carbocycles. The molecule has 0 spiro atoms. The second-order valence-electron chi connectivity index (χ2n) is 8.37. The molecule has 2 heterocycles. The number of aliphatic hydroxyl groups excluding tert-OH is 1. The average molecular weight is 434 g/mol. The van der Waals surface area contributed by atoms with E-state index in [9.17, 15) is 14.7 Å². The molecule has 1 unspecified atom stereocenters. The van der Waals surface area contributed by atoms with Gasteiger partial charge in [0, 0.05) is 39.1 Å². The quantitative estimate of drug-likeness (QED) is 0.398. The third-order valence-electron chi connectivity index (χ3n) is 5.99. The van der Waals surface area contributed by atoms with Crippen molar-refractivity contribution in [3.05, 3.63) is 29.8 Å². The molecule has 1 aromatic carbocycles. The Hall–Kier alpha value is -2.16. The summed E-state index contributed by atoms with van der Waals surface area (Å²) in [5.74, 6) is 0.824. The van der Waals surface area contributed by atoms with Crippen LogP contribution in [-0.4, -0.2) is 85.9 Å². The van der Waals surface area contributed by atoms with Crippen LogP contribution >= 0.6 is 0 Å². The highest BCUT2D eigenvalue weighted by Crippen LogP contribution is 2.19. The summed E-state index contributed by atoms with van der Waals surface area (Å²) in [6, 6.07) is 7.84. The van der Waals surface area contributed by atoms with Gasteiger partial charge in [0.15, 0.2) is 0 Å². The Balaban J connectivity index is 1.33. The van der Waals surface area contributed by atoms with Crippen molar-refractivity contribution in [1.82, 2.24) is 15.1 Å². The third-order valence-corrected chi connectivity index (χ3v) is 5.99. The van der Waals surface area contributed by atoms with E-state index >= 15 is 0 Å². The lowest BCUT2D eigenvalue weighted by molar-refractivity contribution is -0.147. The topological polar surface area (TPSA) is 91.3 Å². The fourth-order valence-corrected chi connectivity index (χ4v) is 4.19. The monoisotopic (exact) mass is 433 g/mol. The van der Waals surface area contributed by atoms with Gasteiger partial charge in [0.25, 0.3) is 0 Å². The summed E-state index contributed by atoms with van der Waals surface area (Å²) in [6.45, 7) is 5.41. The van der Waals surface area contributed by atoms with Crippen LogP contribution in [0, 0.1) is 5.92 Å². The highest BCUT2D eigenvalue weighted by Gasteiger charge is 2.26. The van der Waals surface area contributed by atoms with Crippen LogP contribution in [0.5, 0.6) is 5.75 Å². The van der Waals surface area contributed by atoms with Gasteiger partial charge in [-0.3, -0.25) is 9.59 Å². The Morgan fingerprint density at radius 2 is 2.10 bits per heavy atom. The van der Waals surface area contributed by atoms with Crippen molar-refractivity contribution in [3.63, 3.8) is 0 Å². The number of nitrogens with one attached hydrogen (secondary N) is 1. The molecule has 0 aromatic heterocycles. The first-order valence-corrected chi connectivity index (χ1v) is 11.2. The Bertz CT molecular complexity index is 721. The first-order valence-electron chi connectivity index (χ1n) is 11.2. The number of amides is 1. The lowest BCUT2D eigenvalue weighted by Crippen LogP contribution is -2.42. The van der Waals surface area contributed by atoms with E-state index in [2.05, 4.69) is 10.2 Å². The molecule has 2 saturated heterocycles. The van der Waals surface area contributed by atoms with Crippen LogP contribution in [-0.2, 0) is 20.9 Å². The van der Waals surface area contributed by atoms with Crippen molar-refractivity contribution in [1.29, 1.82) is 0 Å². The van der Waals surface area contributed by atoms with Gasteiger partial charge < -0.3 is 29.7 Å². The zero-order chi connectivity index (χ0) is 22.1. The largest absolute Gasteiger partial charge is 0.491 e. The summed E-state index contributed by atoms with van der Waals surface area (Å²) < 4.78 is 10.6. The third kappa shape index (κ3) is 7.48. The van der Waals surface area contributed by atoms with Crippen molar-refractivity contribution in [2.24, 2.45) is 5.92 Å². The molecular formula is C23H35N3O5. The van der Waals surface area contributed by atoms with Gasteiger partial charge in [0.1, 0.15) is 18.5 Å². The zero-order valence-electron chi connectivity index (χ0n) is 18.4. The maximum absolute atomic E-state index is 11.6. The summed E-state index contributed by atoms with van der Waals surface area (Å²) in [5.41, 5.74) is 1.10. The number of methoxy groups -OCH3 is 1. The molecule has 8 nitrogen and oxygen atoms in total. The van der Waals surface area contributed by atoms with Gasteiger partial charge >= 0.3 is 5.97 Å². The second-order valence-corrected chi connectivity index (χ2v) is 8.37. The van der Waals surface area contributed by atoms with E-state index in [1.54, 1.807) is 0 Å². The molecule has 3 rings (SSSR count). The standard InChI is InChI=1S/C23H35N3O5/c1-30-23(29)19-7-11-25(12-8-19)16-20(27)17-31-21-5-2-4-18(14-21)15-24-9-13-26-10-3-6-22(26)28/h2,4-5,14,19-20,24,27H,3,6-13,15-17H2,1H3. The van der Waals surface area contributed by atoms with Crippen LogP contribution in [0.2, 0.25) is 0 Å². The molecule has 1 amide bonds. The number of β-amino-alcohol motifs (C(OH)–C–C–N with tert-alkyl or cyclic N) is 1. The van der Waals surface area contributed by atoms with Crippen LogP contribution in [0.15, 0.2) is 24.3 Å². The normalized spacial score (nSPS) is 18.9. The molecule has 31 heavy (non-hydrogen) atoms. The number of ether oxygens (including phenoxy) is 2. The van der Waals surface area contributed by atoms with E-state index in [1.807, 2.05) is 29.2 Å². The van der Waals surface area contributed by atoms with Crippen LogP contribution in [0.1, 0.15) is 31.2 Å². The van der Waals surface area contributed by atoms with E-state index in [1.165, 1.54) is 7.11 Å². The Morgan fingerprint density at radius 1 is 1.29 bits per heavy atom. The fourth-order valence-electron chi connectivity index (χ4n) is 4.19. The van der Waals surface area contributed by atoms with Crippen molar-refractivity contribution < 1.29 is 24.2 Å². The van der Waals surface area contributed by atoms with E-state index < -0.39 is 6.10 Å². The number of rotatable bonds is 11. The molecule has 0 bridgehead atoms. The lowest BCUT2D eigenvalue weighted by Gasteiger charge is -2.31. The lowest BCUT2D eigenvalue weighted by atomic mass is 9.97. The minimum Gasteiger partial charge on any atom is -0.491 e. The van der Waals surface area contributed by atoms with Crippen molar-refractivity contribution in [2.75, 3.05) is 53.0 Å². The van der Waals surface area contributed by atoms with Gasteiger partial charge in [-0.2, -0.15) is 0 Å². The molecular weight excluding hydrogens is 398 g/mol. The van der Waals surface area contributed by atoms with Crippen LogP contribution in [0.25, 0.3) is 0 Å². The van der Waals surface area contributed by atoms with Gasteiger partial charge in [0.2, 0.25) is 5.91 Å². The SMILES string of the molecule is COC(=O)C1CCN(CC(O)COc2cccc(CNCCN3CCCC3=O)c2)CC1. The molecule has 2 fully saturated rings. The Morgan fingerprint density at radius 3 is 2.81 bits per heavy atom. The average Bonchev–Trinajstić information content (AvgIpc) is 3.20. The number of esters is 1. The highest BCUT2D eigenvalue weighted by atomic mass is 16.5. The molecule has 2 N–H and O–H groups in total. The number of benzene rings is 1. The second kappa shape index (κ2) is 12.0.